The lowest BCUT2D eigenvalue weighted by Crippen LogP contribution is -2.54. The largest absolute Gasteiger partial charge is 0.497 e. The molecule has 0 radical (unpaired) electrons. The summed E-state index contributed by atoms with van der Waals surface area (Å²) in [5.41, 5.74) is -0.548. The number of Topliss-reactive ketones (excluding diaryl/α,β-unsaturated/α-hetero) is 1. The van der Waals surface area contributed by atoms with E-state index in [1.807, 2.05) is 6.92 Å². The molecule has 0 unspecified atom stereocenters. The molecule has 1 heterocycles. The van der Waals surface area contributed by atoms with Crippen LogP contribution in [-0.4, -0.2) is 54.4 Å². The molecule has 1 aromatic rings. The van der Waals surface area contributed by atoms with Crippen molar-refractivity contribution in [2.45, 2.75) is 38.1 Å². The van der Waals surface area contributed by atoms with Gasteiger partial charge in [0.15, 0.2) is 12.4 Å². The van der Waals surface area contributed by atoms with Gasteiger partial charge in [-0.25, -0.2) is 4.79 Å². The minimum atomic E-state index is -0.922. The Morgan fingerprint density at radius 1 is 1.21 bits per heavy atom. The maximum atomic E-state index is 12.8. The molecule has 2 atom stereocenters. The molecule has 3 amide bonds. The Hall–Kier alpha value is -2.90. The van der Waals surface area contributed by atoms with Crippen LogP contribution in [0.25, 0.3) is 0 Å². The number of amides is 3. The van der Waals surface area contributed by atoms with E-state index in [2.05, 4.69) is 5.32 Å². The van der Waals surface area contributed by atoms with E-state index in [0.717, 1.165) is 24.2 Å². The second kappa shape index (κ2) is 8.00. The van der Waals surface area contributed by atoms with Crippen LogP contribution in [0.1, 0.15) is 43.0 Å². The van der Waals surface area contributed by atoms with Gasteiger partial charge in [0.25, 0.3) is 5.91 Å². The van der Waals surface area contributed by atoms with E-state index in [-0.39, 0.29) is 17.6 Å². The highest BCUT2D eigenvalue weighted by Gasteiger charge is 2.55. The highest BCUT2D eigenvalue weighted by Crippen LogP contribution is 2.38. The number of carbonyl (C=O) groups excluding carboxylic acids is 4. The summed E-state index contributed by atoms with van der Waals surface area (Å²) < 4.78 is 10.0. The minimum Gasteiger partial charge on any atom is -0.497 e. The van der Waals surface area contributed by atoms with Crippen LogP contribution in [0.4, 0.5) is 4.79 Å². The number of nitrogens with one attached hydrogen (secondary N) is 1. The Kier molecular flexibility index (Phi) is 5.67. The molecular weight excluding hydrogens is 364 g/mol. The first-order valence-electron chi connectivity index (χ1n) is 9.34. The average molecular weight is 388 g/mol. The lowest BCUT2D eigenvalue weighted by Gasteiger charge is -2.36. The van der Waals surface area contributed by atoms with Crippen LogP contribution in [0.2, 0.25) is 0 Å². The number of ether oxygens (including phenoxy) is 2. The van der Waals surface area contributed by atoms with E-state index in [9.17, 15) is 19.2 Å². The van der Waals surface area contributed by atoms with E-state index in [4.69, 9.17) is 9.47 Å². The van der Waals surface area contributed by atoms with Crippen LogP contribution in [0.3, 0.4) is 0 Å². The van der Waals surface area contributed by atoms with Crippen molar-refractivity contribution in [1.29, 1.82) is 0 Å². The Balaban J connectivity index is 1.56. The van der Waals surface area contributed by atoms with Gasteiger partial charge in [-0.1, -0.05) is 19.8 Å². The third-order valence-corrected chi connectivity index (χ3v) is 5.56. The molecule has 2 aliphatic rings. The van der Waals surface area contributed by atoms with Crippen molar-refractivity contribution in [3.8, 4) is 5.75 Å². The number of hydrogen-bond acceptors (Lipinski definition) is 6. The number of esters is 1. The first-order chi connectivity index (χ1) is 13.4. The van der Waals surface area contributed by atoms with Crippen LogP contribution in [0.15, 0.2) is 24.3 Å². The lowest BCUT2D eigenvalue weighted by atomic mass is 9.73. The first-order valence-corrected chi connectivity index (χ1v) is 9.34. The van der Waals surface area contributed by atoms with Gasteiger partial charge in [-0.15, -0.1) is 0 Å². The normalized spacial score (nSPS) is 24.2. The van der Waals surface area contributed by atoms with Gasteiger partial charge in [0.2, 0.25) is 0 Å². The lowest BCUT2D eigenvalue weighted by molar-refractivity contribution is -0.147. The highest BCUT2D eigenvalue weighted by atomic mass is 16.5. The van der Waals surface area contributed by atoms with Crippen LogP contribution >= 0.6 is 0 Å². The predicted molar refractivity (Wildman–Crippen MR) is 98.9 cm³/mol. The van der Waals surface area contributed by atoms with Crippen molar-refractivity contribution in [2.75, 3.05) is 20.3 Å². The number of methoxy groups -OCH3 is 1. The molecule has 8 heteroatoms. The topological polar surface area (TPSA) is 102 Å². The van der Waals surface area contributed by atoms with Crippen LogP contribution in [-0.2, 0) is 14.3 Å². The zero-order valence-electron chi connectivity index (χ0n) is 16.0. The smallest absolute Gasteiger partial charge is 0.326 e. The number of urea groups is 1. The Morgan fingerprint density at radius 3 is 2.57 bits per heavy atom. The second-order valence-electron chi connectivity index (χ2n) is 7.25. The van der Waals surface area contributed by atoms with Crippen molar-refractivity contribution in [3.05, 3.63) is 29.8 Å². The number of nitrogens with zero attached hydrogens (tertiary/aromatic N) is 1. The maximum Gasteiger partial charge on any atom is 0.326 e. The van der Waals surface area contributed by atoms with Crippen molar-refractivity contribution >= 4 is 23.7 Å². The van der Waals surface area contributed by atoms with Crippen molar-refractivity contribution < 1.29 is 28.7 Å². The predicted octanol–water partition coefficient (Wildman–Crippen LogP) is 1.92. The van der Waals surface area contributed by atoms with E-state index in [1.54, 1.807) is 24.3 Å². The summed E-state index contributed by atoms with van der Waals surface area (Å²) >= 11 is 0. The number of carbonyl (C=O) groups is 4. The molecule has 3 rings (SSSR count). The highest BCUT2D eigenvalue weighted by molar-refractivity contribution is 6.09. The molecule has 0 aromatic heterocycles. The second-order valence-corrected chi connectivity index (χ2v) is 7.25. The molecule has 0 bridgehead atoms. The SMILES string of the molecule is COc1ccc(C(=O)COC(=O)CN2C(=O)N[C@]3(CCCC[C@H]3C)C2=O)cc1. The molecule has 1 saturated carbocycles. The summed E-state index contributed by atoms with van der Waals surface area (Å²) in [4.78, 5) is 50.2. The van der Waals surface area contributed by atoms with Gasteiger partial charge in [0, 0.05) is 5.56 Å². The molecule has 8 nitrogen and oxygen atoms in total. The summed E-state index contributed by atoms with van der Waals surface area (Å²) in [6.07, 6.45) is 3.29. The summed E-state index contributed by atoms with van der Waals surface area (Å²) in [6.45, 7) is 0.970. The minimum absolute atomic E-state index is 0.00960. The molecule has 1 aliphatic heterocycles. The van der Waals surface area contributed by atoms with Gasteiger partial charge in [-0.3, -0.25) is 19.3 Å². The summed E-state index contributed by atoms with van der Waals surface area (Å²) in [7, 11) is 1.52. The van der Waals surface area contributed by atoms with E-state index < -0.39 is 30.7 Å². The quantitative estimate of drug-likeness (QED) is 0.454. The number of imide groups is 1. The maximum absolute atomic E-state index is 12.8. The molecule has 1 spiro atoms. The fraction of sp³-hybridized carbons (Fsp3) is 0.500. The van der Waals surface area contributed by atoms with Gasteiger partial charge < -0.3 is 14.8 Å². The van der Waals surface area contributed by atoms with Crippen LogP contribution < -0.4 is 10.1 Å². The third-order valence-electron chi connectivity index (χ3n) is 5.56. The van der Waals surface area contributed by atoms with E-state index in [0.29, 0.717) is 17.7 Å². The third kappa shape index (κ3) is 3.72. The Labute approximate surface area is 163 Å². The molecule has 1 N–H and O–H groups in total. The van der Waals surface area contributed by atoms with Gasteiger partial charge in [-0.2, -0.15) is 0 Å². The monoisotopic (exact) mass is 388 g/mol. The number of hydrogen-bond donors (Lipinski definition) is 1. The van der Waals surface area contributed by atoms with Crippen molar-refractivity contribution in [2.24, 2.45) is 5.92 Å². The zero-order valence-corrected chi connectivity index (χ0v) is 16.0. The van der Waals surface area contributed by atoms with Crippen LogP contribution in [0, 0.1) is 5.92 Å². The van der Waals surface area contributed by atoms with Gasteiger partial charge in [0.1, 0.15) is 17.8 Å². The average Bonchev–Trinajstić information content (AvgIpc) is 2.93. The first kappa shape index (κ1) is 19.9. The fourth-order valence-electron chi connectivity index (χ4n) is 3.82. The molecule has 2 fully saturated rings. The van der Waals surface area contributed by atoms with Gasteiger partial charge >= 0.3 is 12.0 Å². The molecule has 1 aromatic carbocycles. The number of benzene rings is 1. The molecule has 150 valence electrons. The number of ketones is 1. The fourth-order valence-corrected chi connectivity index (χ4v) is 3.82. The summed E-state index contributed by atoms with van der Waals surface area (Å²) in [6, 6.07) is 5.82. The van der Waals surface area contributed by atoms with E-state index >= 15 is 0 Å². The van der Waals surface area contributed by atoms with Gasteiger partial charge in [-0.05, 0) is 43.0 Å². The van der Waals surface area contributed by atoms with Crippen molar-refractivity contribution in [3.63, 3.8) is 0 Å². The molecular formula is C20H24N2O6. The van der Waals surface area contributed by atoms with Crippen LogP contribution in [0.5, 0.6) is 5.75 Å². The summed E-state index contributed by atoms with van der Waals surface area (Å²) in [5, 5.41) is 2.78. The van der Waals surface area contributed by atoms with E-state index in [1.165, 1.54) is 7.11 Å². The summed E-state index contributed by atoms with van der Waals surface area (Å²) in [5.74, 6) is -0.951. The van der Waals surface area contributed by atoms with Crippen molar-refractivity contribution in [1.82, 2.24) is 10.2 Å². The zero-order chi connectivity index (χ0) is 20.3. The Morgan fingerprint density at radius 2 is 1.93 bits per heavy atom. The molecule has 1 aliphatic carbocycles. The standard InChI is InChI=1S/C20H24N2O6/c1-13-5-3-4-10-20(13)18(25)22(19(26)21-20)11-17(24)28-12-16(23)14-6-8-15(27-2)9-7-14/h6-9,13H,3-5,10-12H2,1-2H3,(H,21,26)/t13-,20+/m1/s1. The Bertz CT molecular complexity index is 790. The molecule has 1 saturated heterocycles. The molecule has 28 heavy (non-hydrogen) atoms. The number of rotatable bonds is 6. The van der Waals surface area contributed by atoms with Gasteiger partial charge in [0.05, 0.1) is 7.11 Å².